The second-order valence-corrected chi connectivity index (χ2v) is 4.44. The third-order valence-corrected chi connectivity index (χ3v) is 2.87. The van der Waals surface area contributed by atoms with Crippen molar-refractivity contribution >= 4 is 0 Å². The Morgan fingerprint density at radius 1 is 1.28 bits per heavy atom. The molecule has 2 heterocycles. The summed E-state index contributed by atoms with van der Waals surface area (Å²) in [5.41, 5.74) is 2.03. The van der Waals surface area contributed by atoms with E-state index in [1.807, 2.05) is 26.8 Å². The zero-order valence-electron chi connectivity index (χ0n) is 10.9. The predicted molar refractivity (Wildman–Crippen MR) is 67.2 cm³/mol. The van der Waals surface area contributed by atoms with Gasteiger partial charge in [-0.05, 0) is 31.9 Å². The average molecular weight is 248 g/mol. The van der Waals surface area contributed by atoms with E-state index < -0.39 is 6.67 Å². The Kier molecular flexibility index (Phi) is 3.69. The lowest BCUT2D eigenvalue weighted by molar-refractivity contribution is 0.389. The molecular weight excluding hydrogens is 231 g/mol. The Bertz CT molecular complexity index is 536. The zero-order valence-corrected chi connectivity index (χ0v) is 10.9. The molecule has 2 aromatic rings. The average Bonchev–Trinajstić information content (AvgIpc) is 2.65. The number of rotatable bonds is 4. The van der Waals surface area contributed by atoms with Crippen LogP contribution in [-0.2, 0) is 0 Å². The summed E-state index contributed by atoms with van der Waals surface area (Å²) in [6.45, 7) is 5.30. The Labute approximate surface area is 106 Å². The van der Waals surface area contributed by atoms with Crippen LogP contribution in [0.5, 0.6) is 0 Å². The fraction of sp³-hybridized carbons (Fsp3) is 0.462. The Hall–Kier alpha value is -1.78. The van der Waals surface area contributed by atoms with Crippen molar-refractivity contribution < 1.29 is 4.39 Å². The lowest BCUT2D eigenvalue weighted by Gasteiger charge is -2.17. The van der Waals surface area contributed by atoms with Crippen LogP contribution in [0.4, 0.5) is 4.39 Å². The smallest absolute Gasteiger partial charge is 0.147 e. The summed E-state index contributed by atoms with van der Waals surface area (Å²) in [6.07, 6.45) is 3.94. The maximum atomic E-state index is 12.8. The van der Waals surface area contributed by atoms with Crippen molar-refractivity contribution in [1.82, 2.24) is 19.7 Å². The van der Waals surface area contributed by atoms with Gasteiger partial charge in [0.15, 0.2) is 0 Å². The number of hydrogen-bond donors (Lipinski definition) is 0. The molecule has 0 amide bonds. The van der Waals surface area contributed by atoms with Crippen LogP contribution in [0, 0.1) is 20.8 Å². The Balaban J connectivity index is 2.42. The quantitative estimate of drug-likeness (QED) is 0.835. The normalized spacial score (nSPS) is 12.7. The summed E-state index contributed by atoms with van der Waals surface area (Å²) < 4.78 is 14.6. The van der Waals surface area contributed by atoms with Crippen LogP contribution >= 0.6 is 0 Å². The number of aryl methyl sites for hydroxylation is 3. The molecule has 0 aliphatic rings. The summed E-state index contributed by atoms with van der Waals surface area (Å²) in [6, 6.07) is 1.88. The van der Waals surface area contributed by atoms with Crippen molar-refractivity contribution in [1.29, 1.82) is 0 Å². The lowest BCUT2D eigenvalue weighted by atomic mass is 10.1. The first-order chi connectivity index (χ1) is 8.61. The highest BCUT2D eigenvalue weighted by molar-refractivity contribution is 5.21. The van der Waals surface area contributed by atoms with Crippen molar-refractivity contribution in [2.45, 2.75) is 33.2 Å². The number of alkyl halides is 1. The van der Waals surface area contributed by atoms with E-state index in [-0.39, 0.29) is 6.04 Å². The van der Waals surface area contributed by atoms with Gasteiger partial charge in [-0.15, -0.1) is 0 Å². The van der Waals surface area contributed by atoms with Gasteiger partial charge in [-0.2, -0.15) is 5.10 Å². The van der Waals surface area contributed by atoms with E-state index in [1.165, 1.54) is 0 Å². The monoisotopic (exact) mass is 248 g/mol. The maximum absolute atomic E-state index is 12.8. The number of pyridine rings is 1. The second-order valence-electron chi connectivity index (χ2n) is 4.44. The van der Waals surface area contributed by atoms with Crippen LogP contribution in [0.15, 0.2) is 18.5 Å². The largest absolute Gasteiger partial charge is 0.264 e. The van der Waals surface area contributed by atoms with Gasteiger partial charge in [0.05, 0.1) is 12.7 Å². The molecule has 0 bridgehead atoms. The third kappa shape index (κ3) is 2.55. The molecular formula is C13H17FN4. The van der Waals surface area contributed by atoms with Crippen molar-refractivity contribution in [2.75, 3.05) is 6.67 Å². The number of aromatic nitrogens is 4. The van der Waals surface area contributed by atoms with Crippen molar-refractivity contribution in [3.8, 4) is 0 Å². The summed E-state index contributed by atoms with van der Waals surface area (Å²) in [7, 11) is 0. The minimum Gasteiger partial charge on any atom is -0.264 e. The predicted octanol–water partition coefficient (Wildman–Crippen LogP) is 2.55. The molecule has 0 aromatic carbocycles. The van der Waals surface area contributed by atoms with E-state index in [0.29, 0.717) is 12.2 Å². The molecule has 0 saturated heterocycles. The van der Waals surface area contributed by atoms with Gasteiger partial charge in [-0.25, -0.2) is 9.67 Å². The summed E-state index contributed by atoms with van der Waals surface area (Å²) in [5.74, 6) is 1.50. The number of halogens is 1. The van der Waals surface area contributed by atoms with E-state index in [0.717, 1.165) is 17.0 Å². The maximum Gasteiger partial charge on any atom is 0.147 e. The first-order valence-electron chi connectivity index (χ1n) is 5.99. The molecule has 2 aromatic heterocycles. The van der Waals surface area contributed by atoms with Crippen molar-refractivity contribution in [3.63, 3.8) is 0 Å². The highest BCUT2D eigenvalue weighted by Crippen LogP contribution is 2.22. The van der Waals surface area contributed by atoms with Gasteiger partial charge in [0.25, 0.3) is 0 Å². The molecule has 5 heteroatoms. The minimum atomic E-state index is -0.392. The Morgan fingerprint density at radius 3 is 2.61 bits per heavy atom. The Morgan fingerprint density at radius 2 is 2.06 bits per heavy atom. The fourth-order valence-corrected chi connectivity index (χ4v) is 2.13. The summed E-state index contributed by atoms with van der Waals surface area (Å²) >= 11 is 0. The van der Waals surface area contributed by atoms with E-state index >= 15 is 0 Å². The van der Waals surface area contributed by atoms with E-state index in [2.05, 4.69) is 15.1 Å². The van der Waals surface area contributed by atoms with Gasteiger partial charge in [0.1, 0.15) is 11.6 Å². The zero-order chi connectivity index (χ0) is 13.1. The minimum absolute atomic E-state index is 0.136. The molecule has 0 fully saturated rings. The summed E-state index contributed by atoms with van der Waals surface area (Å²) in [5, 5.41) is 4.35. The van der Waals surface area contributed by atoms with E-state index in [1.54, 1.807) is 17.1 Å². The van der Waals surface area contributed by atoms with E-state index in [9.17, 15) is 4.39 Å². The number of hydrogen-bond acceptors (Lipinski definition) is 3. The van der Waals surface area contributed by atoms with Gasteiger partial charge in [-0.3, -0.25) is 9.37 Å². The molecule has 1 unspecified atom stereocenters. The molecule has 4 nitrogen and oxygen atoms in total. The van der Waals surface area contributed by atoms with Crippen molar-refractivity contribution in [3.05, 3.63) is 41.2 Å². The standard InChI is InChI=1S/C13H17FN4/c1-9-6-12(8-15-7-9)13(4-5-14)18-11(3)16-10(2)17-18/h6-8,13H,4-5H2,1-3H3. The van der Waals surface area contributed by atoms with Crippen LogP contribution < -0.4 is 0 Å². The third-order valence-electron chi connectivity index (χ3n) is 2.87. The van der Waals surface area contributed by atoms with Gasteiger partial charge in [0.2, 0.25) is 0 Å². The molecule has 0 saturated carbocycles. The van der Waals surface area contributed by atoms with E-state index in [4.69, 9.17) is 0 Å². The van der Waals surface area contributed by atoms with Gasteiger partial charge in [0, 0.05) is 18.8 Å². The molecule has 0 aliphatic carbocycles. The van der Waals surface area contributed by atoms with Gasteiger partial charge < -0.3 is 0 Å². The molecule has 0 aliphatic heterocycles. The van der Waals surface area contributed by atoms with Crippen LogP contribution in [0.3, 0.4) is 0 Å². The van der Waals surface area contributed by atoms with Gasteiger partial charge in [-0.1, -0.05) is 6.07 Å². The first kappa shape index (κ1) is 12.7. The molecule has 0 radical (unpaired) electrons. The second kappa shape index (κ2) is 5.25. The molecule has 1 atom stereocenters. The van der Waals surface area contributed by atoms with Gasteiger partial charge >= 0.3 is 0 Å². The summed E-state index contributed by atoms with van der Waals surface area (Å²) in [4.78, 5) is 8.44. The SMILES string of the molecule is Cc1cncc(C(CCF)n2nc(C)nc2C)c1. The highest BCUT2D eigenvalue weighted by atomic mass is 19.1. The van der Waals surface area contributed by atoms with Crippen molar-refractivity contribution in [2.24, 2.45) is 0 Å². The molecule has 96 valence electrons. The molecule has 18 heavy (non-hydrogen) atoms. The molecule has 0 spiro atoms. The molecule has 0 N–H and O–H groups in total. The number of nitrogens with zero attached hydrogens (tertiary/aromatic N) is 4. The fourth-order valence-electron chi connectivity index (χ4n) is 2.13. The first-order valence-corrected chi connectivity index (χ1v) is 5.99. The lowest BCUT2D eigenvalue weighted by Crippen LogP contribution is -2.15. The topological polar surface area (TPSA) is 43.6 Å². The van der Waals surface area contributed by atoms with Crippen LogP contribution in [0.1, 0.15) is 35.2 Å². The van der Waals surface area contributed by atoms with Crippen LogP contribution in [-0.4, -0.2) is 26.4 Å². The molecule has 2 rings (SSSR count). The van der Waals surface area contributed by atoms with Crippen LogP contribution in [0.2, 0.25) is 0 Å². The highest BCUT2D eigenvalue weighted by Gasteiger charge is 2.18. The van der Waals surface area contributed by atoms with Crippen LogP contribution in [0.25, 0.3) is 0 Å².